The van der Waals surface area contributed by atoms with E-state index in [1.165, 1.54) is 16.7 Å². The van der Waals surface area contributed by atoms with Gasteiger partial charge in [-0.05, 0) is 37.1 Å². The van der Waals surface area contributed by atoms with Crippen LogP contribution in [-0.4, -0.2) is 19.4 Å². The molecule has 0 saturated heterocycles. The number of aryl methyl sites for hydroxylation is 1. The largest absolute Gasteiger partial charge is 0.496 e. The summed E-state index contributed by atoms with van der Waals surface area (Å²) in [6.45, 7) is 6.82. The van der Waals surface area contributed by atoms with Gasteiger partial charge in [0.2, 0.25) is 0 Å². The highest BCUT2D eigenvalue weighted by Crippen LogP contribution is 2.45. The summed E-state index contributed by atoms with van der Waals surface area (Å²) in [7, 11) is 3.83. The van der Waals surface area contributed by atoms with Crippen LogP contribution in [0.5, 0.6) is 5.75 Å². The van der Waals surface area contributed by atoms with E-state index in [-0.39, 0.29) is 0 Å². The molecule has 18 heavy (non-hydrogen) atoms. The lowest BCUT2D eigenvalue weighted by Gasteiger charge is -2.37. The molecule has 0 aliphatic carbocycles. The van der Waals surface area contributed by atoms with Crippen LogP contribution >= 0.6 is 11.8 Å². The van der Waals surface area contributed by atoms with E-state index in [2.05, 4.69) is 45.3 Å². The fraction of sp³-hybridized carbons (Fsp3) is 0.600. The first kappa shape index (κ1) is 13.8. The number of nitrogens with one attached hydrogen (secondary N) is 1. The Kier molecular flexibility index (Phi) is 4.23. The van der Waals surface area contributed by atoms with Crippen molar-refractivity contribution in [1.29, 1.82) is 0 Å². The first-order chi connectivity index (χ1) is 8.60. The monoisotopic (exact) mass is 265 g/mol. The van der Waals surface area contributed by atoms with E-state index in [0.717, 1.165) is 11.5 Å². The van der Waals surface area contributed by atoms with Crippen molar-refractivity contribution < 1.29 is 4.74 Å². The topological polar surface area (TPSA) is 21.3 Å². The predicted molar refractivity (Wildman–Crippen MR) is 79.5 cm³/mol. The van der Waals surface area contributed by atoms with E-state index in [1.807, 2.05) is 11.8 Å². The molecule has 0 fully saturated rings. The van der Waals surface area contributed by atoms with Crippen LogP contribution in [0.2, 0.25) is 0 Å². The average molecular weight is 265 g/mol. The van der Waals surface area contributed by atoms with Gasteiger partial charge in [-0.25, -0.2) is 0 Å². The maximum absolute atomic E-state index is 5.52. The quantitative estimate of drug-likeness (QED) is 0.903. The standard InChI is InChI=1S/C15H23NOS/c1-9(2)15-14(16-4)13-10(3)6-7-12(17-5)11(13)8-18-15/h6-7,9,14-16H,8H2,1-5H3. The lowest BCUT2D eigenvalue weighted by molar-refractivity contribution is 0.405. The number of methoxy groups -OCH3 is 1. The van der Waals surface area contributed by atoms with Gasteiger partial charge in [-0.2, -0.15) is 11.8 Å². The van der Waals surface area contributed by atoms with E-state index in [0.29, 0.717) is 17.2 Å². The van der Waals surface area contributed by atoms with Crippen LogP contribution in [0.1, 0.15) is 36.6 Å². The number of hydrogen-bond donors (Lipinski definition) is 1. The Morgan fingerprint density at radius 3 is 2.67 bits per heavy atom. The highest BCUT2D eigenvalue weighted by Gasteiger charge is 2.33. The highest BCUT2D eigenvalue weighted by molar-refractivity contribution is 7.99. The van der Waals surface area contributed by atoms with Crippen molar-refractivity contribution in [3.05, 3.63) is 28.8 Å². The molecule has 2 nitrogen and oxygen atoms in total. The van der Waals surface area contributed by atoms with E-state index >= 15 is 0 Å². The molecule has 3 heteroatoms. The second-order valence-corrected chi connectivity index (χ2v) is 6.43. The molecule has 100 valence electrons. The van der Waals surface area contributed by atoms with Crippen molar-refractivity contribution in [3.8, 4) is 5.75 Å². The number of rotatable bonds is 3. The summed E-state index contributed by atoms with van der Waals surface area (Å²) in [6, 6.07) is 4.70. The second-order valence-electron chi connectivity index (χ2n) is 5.26. The third-order valence-corrected chi connectivity index (χ3v) is 5.44. The van der Waals surface area contributed by atoms with Crippen LogP contribution in [0.4, 0.5) is 0 Å². The van der Waals surface area contributed by atoms with Crippen LogP contribution in [0.25, 0.3) is 0 Å². The minimum atomic E-state index is 0.425. The summed E-state index contributed by atoms with van der Waals surface area (Å²) >= 11 is 2.04. The SMILES string of the molecule is CNC1c2c(C)ccc(OC)c2CSC1C(C)C. The van der Waals surface area contributed by atoms with E-state index in [4.69, 9.17) is 4.74 Å². The molecule has 2 atom stereocenters. The van der Waals surface area contributed by atoms with Crippen LogP contribution in [0, 0.1) is 12.8 Å². The Morgan fingerprint density at radius 2 is 2.11 bits per heavy atom. The van der Waals surface area contributed by atoms with Gasteiger partial charge in [0.15, 0.2) is 0 Å². The number of hydrogen-bond acceptors (Lipinski definition) is 3. The Bertz CT molecular complexity index is 431. The number of benzene rings is 1. The van der Waals surface area contributed by atoms with Crippen molar-refractivity contribution in [2.45, 2.75) is 37.8 Å². The zero-order valence-electron chi connectivity index (χ0n) is 11.9. The summed E-state index contributed by atoms with van der Waals surface area (Å²) in [4.78, 5) is 0. The molecular formula is C15H23NOS. The first-order valence-electron chi connectivity index (χ1n) is 6.55. The van der Waals surface area contributed by atoms with E-state index < -0.39 is 0 Å². The minimum Gasteiger partial charge on any atom is -0.496 e. The third kappa shape index (κ3) is 2.26. The molecule has 1 heterocycles. The van der Waals surface area contributed by atoms with Crippen molar-refractivity contribution in [2.75, 3.05) is 14.2 Å². The Hall–Kier alpha value is -0.670. The molecule has 1 aliphatic rings. The van der Waals surface area contributed by atoms with Crippen LogP contribution in [-0.2, 0) is 5.75 Å². The van der Waals surface area contributed by atoms with Gasteiger partial charge >= 0.3 is 0 Å². The average Bonchev–Trinajstić information content (AvgIpc) is 2.37. The van der Waals surface area contributed by atoms with E-state index in [1.54, 1.807) is 7.11 Å². The summed E-state index contributed by atoms with van der Waals surface area (Å²) in [6.07, 6.45) is 0. The highest BCUT2D eigenvalue weighted by atomic mass is 32.2. The maximum Gasteiger partial charge on any atom is 0.123 e. The molecule has 0 aromatic heterocycles. The molecule has 0 bridgehead atoms. The molecule has 0 spiro atoms. The Labute approximate surface area is 114 Å². The molecule has 1 aromatic carbocycles. The van der Waals surface area contributed by atoms with Crippen LogP contribution in [0.3, 0.4) is 0 Å². The molecule has 0 radical (unpaired) electrons. The summed E-state index contributed by atoms with van der Waals surface area (Å²) < 4.78 is 5.52. The second kappa shape index (κ2) is 5.54. The predicted octanol–water partition coefficient (Wildman–Crippen LogP) is 3.54. The first-order valence-corrected chi connectivity index (χ1v) is 7.60. The molecule has 1 aliphatic heterocycles. The normalized spacial score (nSPS) is 23.0. The summed E-state index contributed by atoms with van der Waals surface area (Å²) in [5.41, 5.74) is 4.20. The zero-order chi connectivity index (χ0) is 13.3. The molecule has 2 unspecified atom stereocenters. The van der Waals surface area contributed by atoms with Gasteiger partial charge in [0, 0.05) is 22.6 Å². The smallest absolute Gasteiger partial charge is 0.123 e. The molecule has 0 amide bonds. The lowest BCUT2D eigenvalue weighted by Crippen LogP contribution is -2.35. The minimum absolute atomic E-state index is 0.425. The Morgan fingerprint density at radius 1 is 1.39 bits per heavy atom. The molecule has 1 aromatic rings. The fourth-order valence-electron chi connectivity index (χ4n) is 2.86. The molecule has 2 rings (SSSR count). The van der Waals surface area contributed by atoms with Crippen molar-refractivity contribution in [3.63, 3.8) is 0 Å². The van der Waals surface area contributed by atoms with Gasteiger partial charge in [0.05, 0.1) is 7.11 Å². The van der Waals surface area contributed by atoms with Crippen LogP contribution < -0.4 is 10.1 Å². The number of fused-ring (bicyclic) bond motifs is 1. The molecule has 0 saturated carbocycles. The van der Waals surface area contributed by atoms with Gasteiger partial charge < -0.3 is 10.1 Å². The molecular weight excluding hydrogens is 242 g/mol. The van der Waals surface area contributed by atoms with Gasteiger partial charge in [-0.1, -0.05) is 19.9 Å². The van der Waals surface area contributed by atoms with Gasteiger partial charge in [-0.15, -0.1) is 0 Å². The van der Waals surface area contributed by atoms with Gasteiger partial charge in [0.1, 0.15) is 5.75 Å². The van der Waals surface area contributed by atoms with Crippen molar-refractivity contribution >= 4 is 11.8 Å². The van der Waals surface area contributed by atoms with Crippen molar-refractivity contribution in [1.82, 2.24) is 5.32 Å². The molecule has 1 N–H and O–H groups in total. The van der Waals surface area contributed by atoms with Gasteiger partial charge in [-0.3, -0.25) is 0 Å². The fourth-order valence-corrected chi connectivity index (χ4v) is 4.37. The third-order valence-electron chi connectivity index (χ3n) is 3.78. The number of thioether (sulfide) groups is 1. The lowest BCUT2D eigenvalue weighted by atomic mass is 9.89. The maximum atomic E-state index is 5.52. The Balaban J connectivity index is 2.51. The van der Waals surface area contributed by atoms with Gasteiger partial charge in [0.25, 0.3) is 0 Å². The summed E-state index contributed by atoms with van der Waals surface area (Å²) in [5, 5.41) is 4.14. The zero-order valence-corrected chi connectivity index (χ0v) is 12.7. The number of ether oxygens (including phenoxy) is 1. The summed E-state index contributed by atoms with van der Waals surface area (Å²) in [5.74, 6) is 2.76. The van der Waals surface area contributed by atoms with Crippen molar-refractivity contribution in [2.24, 2.45) is 5.92 Å². The van der Waals surface area contributed by atoms with Crippen LogP contribution in [0.15, 0.2) is 12.1 Å². The van der Waals surface area contributed by atoms with E-state index in [9.17, 15) is 0 Å².